The second kappa shape index (κ2) is 6.87. The number of nitrogens with zero attached hydrogens (tertiary/aromatic N) is 5. The first-order valence-corrected chi connectivity index (χ1v) is 6.22. The second-order valence-corrected chi connectivity index (χ2v) is 4.46. The number of anilines is 2. The van der Waals surface area contributed by atoms with Crippen molar-refractivity contribution in [1.82, 2.24) is 15.0 Å². The number of hydrogen-bond donors (Lipinski definition) is 2. The Labute approximate surface area is 114 Å². The SMILES string of the molecule is CN(CCO)c1nc(I)nc(N(C)CCO)n1. The van der Waals surface area contributed by atoms with E-state index >= 15 is 0 Å². The van der Waals surface area contributed by atoms with E-state index in [1.165, 1.54) is 0 Å². The van der Waals surface area contributed by atoms with Crippen LogP contribution in [0.3, 0.4) is 0 Å². The molecule has 0 aliphatic rings. The molecular weight excluding hydrogens is 337 g/mol. The highest BCUT2D eigenvalue weighted by molar-refractivity contribution is 14.1. The fourth-order valence-electron chi connectivity index (χ4n) is 1.17. The van der Waals surface area contributed by atoms with Crippen LogP contribution in [0.25, 0.3) is 0 Å². The molecule has 0 radical (unpaired) electrons. The zero-order chi connectivity index (χ0) is 12.8. The summed E-state index contributed by atoms with van der Waals surface area (Å²) < 4.78 is 0.581. The third-order valence-electron chi connectivity index (χ3n) is 2.14. The van der Waals surface area contributed by atoms with E-state index in [4.69, 9.17) is 10.2 Å². The van der Waals surface area contributed by atoms with Crippen LogP contribution in [0.15, 0.2) is 0 Å². The topological polar surface area (TPSA) is 85.6 Å². The highest BCUT2D eigenvalue weighted by atomic mass is 127. The van der Waals surface area contributed by atoms with Gasteiger partial charge in [-0.2, -0.15) is 15.0 Å². The lowest BCUT2D eigenvalue weighted by Gasteiger charge is -2.19. The van der Waals surface area contributed by atoms with Crippen LogP contribution in [0.1, 0.15) is 0 Å². The van der Waals surface area contributed by atoms with Crippen LogP contribution in [0.4, 0.5) is 11.9 Å². The maximum absolute atomic E-state index is 8.87. The van der Waals surface area contributed by atoms with Crippen molar-refractivity contribution in [3.05, 3.63) is 3.83 Å². The number of aromatic nitrogens is 3. The minimum Gasteiger partial charge on any atom is -0.395 e. The van der Waals surface area contributed by atoms with Gasteiger partial charge in [-0.1, -0.05) is 0 Å². The summed E-state index contributed by atoms with van der Waals surface area (Å²) in [5.74, 6) is 1.02. The van der Waals surface area contributed by atoms with E-state index in [0.717, 1.165) is 0 Å². The maximum Gasteiger partial charge on any atom is 0.230 e. The summed E-state index contributed by atoms with van der Waals surface area (Å²) in [6.07, 6.45) is 0. The van der Waals surface area contributed by atoms with Crippen LogP contribution < -0.4 is 9.80 Å². The number of aliphatic hydroxyl groups excluding tert-OH is 2. The van der Waals surface area contributed by atoms with E-state index in [-0.39, 0.29) is 13.2 Å². The van der Waals surface area contributed by atoms with Crippen molar-refractivity contribution >= 4 is 34.5 Å². The van der Waals surface area contributed by atoms with Crippen molar-refractivity contribution in [2.75, 3.05) is 50.2 Å². The highest BCUT2D eigenvalue weighted by Crippen LogP contribution is 2.12. The van der Waals surface area contributed by atoms with Gasteiger partial charge in [-0.25, -0.2) is 0 Å². The Bertz CT molecular complexity index is 335. The monoisotopic (exact) mass is 353 g/mol. The lowest BCUT2D eigenvalue weighted by atomic mass is 10.6. The maximum atomic E-state index is 8.87. The van der Waals surface area contributed by atoms with E-state index in [1.54, 1.807) is 23.9 Å². The molecule has 1 aromatic heterocycles. The average molecular weight is 353 g/mol. The van der Waals surface area contributed by atoms with Crippen LogP contribution in [0, 0.1) is 3.83 Å². The summed E-state index contributed by atoms with van der Waals surface area (Å²) in [5, 5.41) is 17.7. The van der Waals surface area contributed by atoms with Crippen molar-refractivity contribution in [1.29, 1.82) is 0 Å². The minimum atomic E-state index is 0.0422. The van der Waals surface area contributed by atoms with Crippen LogP contribution >= 0.6 is 22.6 Å². The van der Waals surface area contributed by atoms with E-state index in [2.05, 4.69) is 15.0 Å². The van der Waals surface area contributed by atoms with Crippen molar-refractivity contribution in [2.45, 2.75) is 0 Å². The van der Waals surface area contributed by atoms with Gasteiger partial charge >= 0.3 is 0 Å². The highest BCUT2D eigenvalue weighted by Gasteiger charge is 2.11. The van der Waals surface area contributed by atoms with E-state index in [0.29, 0.717) is 28.8 Å². The van der Waals surface area contributed by atoms with E-state index < -0.39 is 0 Å². The van der Waals surface area contributed by atoms with E-state index in [9.17, 15) is 0 Å². The van der Waals surface area contributed by atoms with Gasteiger partial charge in [0.25, 0.3) is 0 Å². The van der Waals surface area contributed by atoms with Crippen LogP contribution in [-0.4, -0.2) is 65.6 Å². The Hall–Kier alpha value is -0.740. The number of likely N-dealkylation sites (N-methyl/N-ethyl adjacent to an activating group) is 2. The van der Waals surface area contributed by atoms with Gasteiger partial charge in [-0.3, -0.25) is 0 Å². The van der Waals surface area contributed by atoms with Crippen molar-refractivity contribution in [3.63, 3.8) is 0 Å². The number of rotatable bonds is 6. The molecule has 0 bridgehead atoms. The first-order valence-electron chi connectivity index (χ1n) is 5.14. The van der Waals surface area contributed by atoms with Gasteiger partial charge < -0.3 is 20.0 Å². The average Bonchev–Trinajstić information content (AvgIpc) is 2.29. The summed E-state index contributed by atoms with van der Waals surface area (Å²) in [7, 11) is 3.61. The van der Waals surface area contributed by atoms with Gasteiger partial charge in [0, 0.05) is 49.8 Å². The van der Waals surface area contributed by atoms with Crippen molar-refractivity contribution in [2.24, 2.45) is 0 Å². The molecule has 17 heavy (non-hydrogen) atoms. The lowest BCUT2D eigenvalue weighted by molar-refractivity contribution is 0.303. The molecule has 0 amide bonds. The predicted octanol–water partition coefficient (Wildman–Crippen LogP) is -0.667. The fraction of sp³-hybridized carbons (Fsp3) is 0.667. The summed E-state index contributed by atoms with van der Waals surface area (Å²) in [4.78, 5) is 16.1. The number of hydrogen-bond acceptors (Lipinski definition) is 7. The molecule has 7 nitrogen and oxygen atoms in total. The molecule has 0 spiro atoms. The molecule has 0 saturated heterocycles. The number of aliphatic hydroxyl groups is 2. The third-order valence-corrected chi connectivity index (χ3v) is 2.62. The zero-order valence-electron chi connectivity index (χ0n) is 9.84. The molecule has 0 unspecified atom stereocenters. The van der Waals surface area contributed by atoms with Gasteiger partial charge in [-0.15, -0.1) is 0 Å². The molecule has 0 aliphatic carbocycles. The lowest BCUT2D eigenvalue weighted by Crippen LogP contribution is -2.28. The Kier molecular flexibility index (Phi) is 5.78. The standard InChI is InChI=1S/C9H16IN5O2/c1-14(3-5-16)8-11-7(10)12-9(13-8)15(2)4-6-17/h16-17H,3-6H2,1-2H3. The molecule has 0 fully saturated rings. The largest absolute Gasteiger partial charge is 0.395 e. The summed E-state index contributed by atoms with van der Waals surface area (Å²) in [5.41, 5.74) is 0. The second-order valence-electron chi connectivity index (χ2n) is 3.49. The Morgan fingerprint density at radius 2 is 1.35 bits per heavy atom. The van der Waals surface area contributed by atoms with Crippen LogP contribution in [0.2, 0.25) is 0 Å². The summed E-state index contributed by atoms with van der Waals surface area (Å²) in [6.45, 7) is 1.01. The van der Waals surface area contributed by atoms with Gasteiger partial charge in [0.05, 0.1) is 13.2 Å². The molecule has 1 rings (SSSR count). The smallest absolute Gasteiger partial charge is 0.230 e. The number of halogens is 1. The zero-order valence-corrected chi connectivity index (χ0v) is 12.0. The molecule has 0 aliphatic heterocycles. The molecule has 0 saturated carbocycles. The van der Waals surface area contributed by atoms with Crippen molar-refractivity contribution < 1.29 is 10.2 Å². The van der Waals surface area contributed by atoms with Crippen molar-refractivity contribution in [3.8, 4) is 0 Å². The Morgan fingerprint density at radius 1 is 0.941 bits per heavy atom. The van der Waals surface area contributed by atoms with Gasteiger partial charge in [0.2, 0.25) is 11.9 Å². The normalized spacial score (nSPS) is 10.4. The first kappa shape index (κ1) is 14.3. The van der Waals surface area contributed by atoms with Crippen LogP contribution in [-0.2, 0) is 0 Å². The molecule has 2 N–H and O–H groups in total. The first-order chi connectivity index (χ1) is 8.08. The Morgan fingerprint density at radius 3 is 1.71 bits per heavy atom. The summed E-state index contributed by atoms with van der Waals surface area (Å²) >= 11 is 2.01. The Balaban J connectivity index is 2.93. The summed E-state index contributed by atoms with van der Waals surface area (Å²) in [6, 6.07) is 0. The fourth-order valence-corrected chi connectivity index (χ4v) is 1.60. The molecule has 0 atom stereocenters. The molecule has 1 aromatic rings. The molecule has 0 aromatic carbocycles. The quantitative estimate of drug-likeness (QED) is 0.657. The molecule has 8 heteroatoms. The van der Waals surface area contributed by atoms with Gasteiger partial charge in [0.1, 0.15) is 0 Å². The minimum absolute atomic E-state index is 0.0422. The molecule has 1 heterocycles. The molecular formula is C9H16IN5O2. The predicted molar refractivity (Wildman–Crippen MR) is 73.3 cm³/mol. The van der Waals surface area contributed by atoms with Crippen LogP contribution in [0.5, 0.6) is 0 Å². The van der Waals surface area contributed by atoms with Gasteiger partial charge in [0.15, 0.2) is 3.83 Å². The molecule has 96 valence electrons. The van der Waals surface area contributed by atoms with Gasteiger partial charge in [-0.05, 0) is 0 Å². The third kappa shape index (κ3) is 4.21. The van der Waals surface area contributed by atoms with E-state index in [1.807, 2.05) is 22.6 Å².